The van der Waals surface area contributed by atoms with E-state index in [1.165, 1.54) is 12.1 Å². The maximum Gasteiger partial charge on any atom is 0.110 e. The number of hydrogen-bond donors (Lipinski definition) is 0. The van der Waals surface area contributed by atoms with Crippen LogP contribution in [-0.2, 0) is 0 Å². The summed E-state index contributed by atoms with van der Waals surface area (Å²) in [5.41, 5.74) is 1.54. The third-order valence-electron chi connectivity index (χ3n) is 2.57. The fourth-order valence-electron chi connectivity index (χ4n) is 1.50. The van der Waals surface area contributed by atoms with Gasteiger partial charge < -0.3 is 9.90 Å². The first-order valence-electron chi connectivity index (χ1n) is 5.80. The minimum atomic E-state index is -1.20. The molecule has 0 saturated heterocycles. The molecule has 0 spiro atoms. The number of carbonyl (C=O) groups is 1. The van der Waals surface area contributed by atoms with Crippen molar-refractivity contribution in [3.05, 3.63) is 59.9 Å². The SMILES string of the molecule is C[C@H](N=Nc1ccc(C(=O)[O-])cc1)c1ccccn1. The Morgan fingerprint density at radius 1 is 1.21 bits per heavy atom. The number of carbonyl (C=O) groups excluding carboxylic acids is 1. The fraction of sp³-hybridized carbons (Fsp3) is 0.143. The zero-order chi connectivity index (χ0) is 13.7. The molecule has 96 valence electrons. The van der Waals surface area contributed by atoms with Crippen LogP contribution >= 0.6 is 0 Å². The number of carboxylic acid groups (broad SMARTS) is 1. The Kier molecular flexibility index (Phi) is 3.97. The normalized spacial score (nSPS) is 12.5. The Hall–Kier alpha value is -2.56. The second-order valence-corrected chi connectivity index (χ2v) is 3.98. The first-order valence-corrected chi connectivity index (χ1v) is 5.80. The summed E-state index contributed by atoms with van der Waals surface area (Å²) in [6, 6.07) is 11.5. The highest BCUT2D eigenvalue weighted by Gasteiger charge is 2.03. The zero-order valence-electron chi connectivity index (χ0n) is 10.4. The molecule has 19 heavy (non-hydrogen) atoms. The highest BCUT2D eigenvalue weighted by atomic mass is 16.4. The van der Waals surface area contributed by atoms with Crippen LogP contribution in [0, 0.1) is 0 Å². The minimum absolute atomic E-state index is 0.122. The molecule has 5 heteroatoms. The van der Waals surface area contributed by atoms with E-state index in [1.54, 1.807) is 18.3 Å². The van der Waals surface area contributed by atoms with E-state index in [1.807, 2.05) is 25.1 Å². The molecule has 0 aliphatic heterocycles. The molecule has 5 nitrogen and oxygen atoms in total. The fourth-order valence-corrected chi connectivity index (χ4v) is 1.50. The van der Waals surface area contributed by atoms with E-state index in [0.29, 0.717) is 5.69 Å². The van der Waals surface area contributed by atoms with Crippen molar-refractivity contribution in [2.24, 2.45) is 10.2 Å². The quantitative estimate of drug-likeness (QED) is 0.785. The van der Waals surface area contributed by atoms with E-state index in [2.05, 4.69) is 15.2 Å². The smallest absolute Gasteiger partial charge is 0.110 e. The van der Waals surface area contributed by atoms with E-state index in [0.717, 1.165) is 5.69 Å². The summed E-state index contributed by atoms with van der Waals surface area (Å²) in [5.74, 6) is -1.20. The third-order valence-corrected chi connectivity index (χ3v) is 2.57. The van der Waals surface area contributed by atoms with Crippen molar-refractivity contribution < 1.29 is 9.90 Å². The molecular weight excluding hydrogens is 242 g/mol. The van der Waals surface area contributed by atoms with Gasteiger partial charge in [0.05, 0.1) is 17.4 Å². The Morgan fingerprint density at radius 2 is 1.95 bits per heavy atom. The van der Waals surface area contributed by atoms with Gasteiger partial charge >= 0.3 is 0 Å². The van der Waals surface area contributed by atoms with Crippen molar-refractivity contribution >= 4 is 11.7 Å². The van der Waals surface area contributed by atoms with E-state index >= 15 is 0 Å². The summed E-state index contributed by atoms with van der Waals surface area (Å²) in [6.07, 6.45) is 1.70. The predicted octanol–water partition coefficient (Wildman–Crippen LogP) is 2.29. The van der Waals surface area contributed by atoms with Gasteiger partial charge in [-0.2, -0.15) is 10.2 Å². The average molecular weight is 254 g/mol. The molecule has 0 aliphatic carbocycles. The zero-order valence-corrected chi connectivity index (χ0v) is 10.4. The third kappa shape index (κ3) is 3.45. The second kappa shape index (κ2) is 5.86. The van der Waals surface area contributed by atoms with Crippen LogP contribution in [-0.4, -0.2) is 11.0 Å². The molecule has 1 aromatic heterocycles. The van der Waals surface area contributed by atoms with E-state index in [9.17, 15) is 9.90 Å². The maximum atomic E-state index is 10.6. The summed E-state index contributed by atoms with van der Waals surface area (Å²) in [5, 5.41) is 18.8. The van der Waals surface area contributed by atoms with Crippen molar-refractivity contribution in [1.82, 2.24) is 4.98 Å². The topological polar surface area (TPSA) is 77.7 Å². The number of benzene rings is 1. The lowest BCUT2D eigenvalue weighted by Gasteiger charge is -2.04. The largest absolute Gasteiger partial charge is 0.545 e. The van der Waals surface area contributed by atoms with Gasteiger partial charge in [-0.15, -0.1) is 0 Å². The number of pyridine rings is 1. The predicted molar refractivity (Wildman–Crippen MR) is 67.9 cm³/mol. The van der Waals surface area contributed by atoms with E-state index in [-0.39, 0.29) is 11.6 Å². The van der Waals surface area contributed by atoms with Gasteiger partial charge in [-0.3, -0.25) is 4.98 Å². The Bertz CT molecular complexity index is 579. The molecule has 1 heterocycles. The van der Waals surface area contributed by atoms with Crippen LogP contribution in [0.1, 0.15) is 29.0 Å². The van der Waals surface area contributed by atoms with Crippen LogP contribution < -0.4 is 5.11 Å². The van der Waals surface area contributed by atoms with Crippen LogP contribution in [0.25, 0.3) is 0 Å². The summed E-state index contributed by atoms with van der Waals surface area (Å²) in [7, 11) is 0. The van der Waals surface area contributed by atoms with Crippen molar-refractivity contribution in [1.29, 1.82) is 0 Å². The molecule has 0 N–H and O–H groups in total. The van der Waals surface area contributed by atoms with E-state index < -0.39 is 5.97 Å². The van der Waals surface area contributed by atoms with E-state index in [4.69, 9.17) is 0 Å². The van der Waals surface area contributed by atoms with Gasteiger partial charge in [0, 0.05) is 6.20 Å². The molecule has 2 aromatic rings. The molecule has 2 rings (SSSR count). The van der Waals surface area contributed by atoms with Gasteiger partial charge in [0.15, 0.2) is 0 Å². The molecule has 1 aromatic carbocycles. The van der Waals surface area contributed by atoms with Crippen LogP contribution in [0.5, 0.6) is 0 Å². The molecule has 0 saturated carbocycles. The second-order valence-electron chi connectivity index (χ2n) is 3.98. The van der Waals surface area contributed by atoms with Crippen LogP contribution in [0.15, 0.2) is 58.9 Å². The van der Waals surface area contributed by atoms with Crippen molar-refractivity contribution in [2.75, 3.05) is 0 Å². The maximum absolute atomic E-state index is 10.6. The number of rotatable bonds is 4. The number of hydrogen-bond acceptors (Lipinski definition) is 5. The average Bonchev–Trinajstić information content (AvgIpc) is 2.46. The first kappa shape index (κ1) is 12.9. The number of carboxylic acids is 1. The van der Waals surface area contributed by atoms with Gasteiger partial charge in [-0.25, -0.2) is 0 Å². The summed E-state index contributed by atoms with van der Waals surface area (Å²) < 4.78 is 0. The van der Waals surface area contributed by atoms with Gasteiger partial charge in [-0.1, -0.05) is 18.2 Å². The van der Waals surface area contributed by atoms with Crippen molar-refractivity contribution in [3.63, 3.8) is 0 Å². The number of azo groups is 1. The molecular formula is C14H12N3O2-. The molecule has 0 unspecified atom stereocenters. The lowest BCUT2D eigenvalue weighted by molar-refractivity contribution is -0.255. The van der Waals surface area contributed by atoms with Crippen molar-refractivity contribution in [3.8, 4) is 0 Å². The molecule has 0 radical (unpaired) electrons. The summed E-state index contributed by atoms with van der Waals surface area (Å²) in [6.45, 7) is 1.89. The lowest BCUT2D eigenvalue weighted by atomic mass is 10.2. The number of aromatic carboxylic acids is 1. The molecule has 1 atom stereocenters. The van der Waals surface area contributed by atoms with Gasteiger partial charge in [0.25, 0.3) is 0 Å². The minimum Gasteiger partial charge on any atom is -0.545 e. The van der Waals surface area contributed by atoms with Gasteiger partial charge in [0.2, 0.25) is 0 Å². The lowest BCUT2D eigenvalue weighted by Crippen LogP contribution is -2.21. The van der Waals surface area contributed by atoms with Gasteiger partial charge in [0.1, 0.15) is 6.04 Å². The molecule has 0 amide bonds. The monoisotopic (exact) mass is 254 g/mol. The Labute approximate surface area is 110 Å². The first-order chi connectivity index (χ1) is 9.16. The van der Waals surface area contributed by atoms with Crippen LogP contribution in [0.4, 0.5) is 5.69 Å². The summed E-state index contributed by atoms with van der Waals surface area (Å²) in [4.78, 5) is 14.8. The van der Waals surface area contributed by atoms with Crippen LogP contribution in [0.2, 0.25) is 0 Å². The Balaban J connectivity index is 2.08. The number of aromatic nitrogens is 1. The molecule has 0 aliphatic rings. The number of nitrogens with zero attached hydrogens (tertiary/aromatic N) is 3. The van der Waals surface area contributed by atoms with Gasteiger partial charge in [-0.05, 0) is 36.8 Å². The summed E-state index contributed by atoms with van der Waals surface area (Å²) >= 11 is 0. The van der Waals surface area contributed by atoms with Crippen molar-refractivity contribution in [2.45, 2.75) is 13.0 Å². The molecule has 0 fully saturated rings. The highest BCUT2D eigenvalue weighted by molar-refractivity contribution is 5.86. The standard InChI is InChI=1S/C14H13N3O2/c1-10(13-4-2-3-9-15-13)16-17-12-7-5-11(6-8-12)14(18)19/h2-10H,1H3,(H,18,19)/p-1/t10-/m0/s1. The van der Waals surface area contributed by atoms with Crippen LogP contribution in [0.3, 0.4) is 0 Å². The highest BCUT2D eigenvalue weighted by Crippen LogP contribution is 2.19. The Morgan fingerprint density at radius 3 is 2.53 bits per heavy atom. The molecule has 0 bridgehead atoms.